The zero-order valence-corrected chi connectivity index (χ0v) is 12.5. The van der Waals surface area contributed by atoms with E-state index in [9.17, 15) is 4.79 Å². The van der Waals surface area contributed by atoms with E-state index in [-0.39, 0.29) is 5.78 Å². The zero-order chi connectivity index (χ0) is 13.5. The van der Waals surface area contributed by atoms with Crippen molar-refractivity contribution in [1.29, 1.82) is 0 Å². The molecule has 0 spiro atoms. The van der Waals surface area contributed by atoms with Gasteiger partial charge in [0.15, 0.2) is 9.61 Å². The summed E-state index contributed by atoms with van der Waals surface area (Å²) in [4.78, 5) is 20.1. The van der Waals surface area contributed by atoms with Crippen LogP contribution in [-0.4, -0.2) is 22.3 Å². The van der Waals surface area contributed by atoms with Gasteiger partial charge in [0.25, 0.3) is 0 Å². The smallest absolute Gasteiger partial charge is 0.192 e. The SMILES string of the molecule is O=C(CCCNc1ccnc(I)n1)c1ccccc1. The summed E-state index contributed by atoms with van der Waals surface area (Å²) in [5, 5.41) is 3.18. The number of halogens is 1. The number of anilines is 1. The highest BCUT2D eigenvalue weighted by atomic mass is 127. The Labute approximate surface area is 125 Å². The maximum atomic E-state index is 11.9. The van der Waals surface area contributed by atoms with Gasteiger partial charge in [0, 0.05) is 47.3 Å². The second kappa shape index (κ2) is 7.18. The Kier molecular flexibility index (Phi) is 5.26. The molecule has 1 aromatic heterocycles. The van der Waals surface area contributed by atoms with E-state index in [0.717, 1.165) is 24.3 Å². The highest BCUT2D eigenvalue weighted by Crippen LogP contribution is 2.07. The first-order chi connectivity index (χ1) is 9.25. The molecule has 0 aliphatic rings. The molecule has 1 N–H and O–H groups in total. The molecule has 19 heavy (non-hydrogen) atoms. The molecule has 0 amide bonds. The molecule has 1 heterocycles. The van der Waals surface area contributed by atoms with E-state index in [0.29, 0.717) is 10.3 Å². The van der Waals surface area contributed by atoms with E-state index in [4.69, 9.17) is 0 Å². The Bertz CT molecular complexity index is 545. The van der Waals surface area contributed by atoms with E-state index >= 15 is 0 Å². The van der Waals surface area contributed by atoms with Crippen molar-refractivity contribution in [3.63, 3.8) is 0 Å². The lowest BCUT2D eigenvalue weighted by Gasteiger charge is -2.05. The van der Waals surface area contributed by atoms with E-state index in [1.54, 1.807) is 6.20 Å². The lowest BCUT2D eigenvalue weighted by Crippen LogP contribution is -2.07. The molecule has 0 saturated carbocycles. The molecular formula is C14H14IN3O. The van der Waals surface area contributed by atoms with Gasteiger partial charge in [-0.2, -0.15) is 0 Å². The van der Waals surface area contributed by atoms with Crippen molar-refractivity contribution in [2.75, 3.05) is 11.9 Å². The number of carbonyl (C=O) groups excluding carboxylic acids is 1. The number of nitrogens with zero attached hydrogens (tertiary/aromatic N) is 2. The second-order valence-corrected chi connectivity index (χ2v) is 5.00. The van der Waals surface area contributed by atoms with Crippen LogP contribution in [0.3, 0.4) is 0 Å². The number of hydrogen-bond acceptors (Lipinski definition) is 4. The lowest BCUT2D eigenvalue weighted by molar-refractivity contribution is 0.0981. The van der Waals surface area contributed by atoms with Crippen LogP contribution in [0.4, 0.5) is 5.82 Å². The first-order valence-corrected chi connectivity index (χ1v) is 7.14. The number of hydrogen-bond donors (Lipinski definition) is 1. The molecule has 1 aromatic carbocycles. The number of Topliss-reactive ketones (excluding diaryl/α,β-unsaturated/α-hetero) is 1. The minimum atomic E-state index is 0.180. The summed E-state index contributed by atoms with van der Waals surface area (Å²) in [7, 11) is 0. The minimum Gasteiger partial charge on any atom is -0.370 e. The molecule has 98 valence electrons. The number of nitrogens with one attached hydrogen (secondary N) is 1. The van der Waals surface area contributed by atoms with E-state index in [1.165, 1.54) is 0 Å². The van der Waals surface area contributed by atoms with Crippen molar-refractivity contribution < 1.29 is 4.79 Å². The van der Waals surface area contributed by atoms with Crippen LogP contribution in [0.15, 0.2) is 42.6 Å². The van der Waals surface area contributed by atoms with Crippen LogP contribution in [0.1, 0.15) is 23.2 Å². The molecule has 0 aliphatic heterocycles. The minimum absolute atomic E-state index is 0.180. The number of rotatable bonds is 6. The van der Waals surface area contributed by atoms with Crippen LogP contribution in [0.25, 0.3) is 0 Å². The Morgan fingerprint density at radius 3 is 2.74 bits per heavy atom. The highest BCUT2D eigenvalue weighted by Gasteiger charge is 2.04. The maximum Gasteiger partial charge on any atom is 0.192 e. The molecule has 0 bridgehead atoms. The highest BCUT2D eigenvalue weighted by molar-refractivity contribution is 14.1. The lowest BCUT2D eigenvalue weighted by atomic mass is 10.1. The topological polar surface area (TPSA) is 54.9 Å². The molecule has 4 nitrogen and oxygen atoms in total. The maximum absolute atomic E-state index is 11.9. The Morgan fingerprint density at radius 1 is 1.21 bits per heavy atom. The molecule has 0 saturated heterocycles. The monoisotopic (exact) mass is 367 g/mol. The Morgan fingerprint density at radius 2 is 2.00 bits per heavy atom. The van der Waals surface area contributed by atoms with Gasteiger partial charge in [-0.15, -0.1) is 0 Å². The Balaban J connectivity index is 1.74. The van der Waals surface area contributed by atoms with Crippen LogP contribution in [-0.2, 0) is 0 Å². The van der Waals surface area contributed by atoms with Gasteiger partial charge in [-0.05, 0) is 12.5 Å². The summed E-state index contributed by atoms with van der Waals surface area (Å²) in [6, 6.07) is 11.2. The third-order valence-corrected chi connectivity index (χ3v) is 3.13. The van der Waals surface area contributed by atoms with Gasteiger partial charge in [0.2, 0.25) is 0 Å². The van der Waals surface area contributed by atoms with Gasteiger partial charge in [-0.3, -0.25) is 4.79 Å². The molecule has 2 aromatic rings. The van der Waals surface area contributed by atoms with Crippen molar-refractivity contribution in [2.45, 2.75) is 12.8 Å². The van der Waals surface area contributed by atoms with Gasteiger partial charge >= 0.3 is 0 Å². The normalized spacial score (nSPS) is 10.2. The third-order valence-electron chi connectivity index (χ3n) is 2.61. The van der Waals surface area contributed by atoms with Crippen molar-refractivity contribution in [1.82, 2.24) is 9.97 Å². The van der Waals surface area contributed by atoms with E-state index in [2.05, 4.69) is 37.9 Å². The van der Waals surface area contributed by atoms with Gasteiger partial charge in [-0.25, -0.2) is 9.97 Å². The second-order valence-electron chi connectivity index (χ2n) is 4.03. The van der Waals surface area contributed by atoms with E-state index < -0.39 is 0 Å². The summed E-state index contributed by atoms with van der Waals surface area (Å²) in [5.74, 6) is 0.978. The molecule has 0 atom stereocenters. The fourth-order valence-electron chi connectivity index (χ4n) is 1.67. The van der Waals surface area contributed by atoms with Gasteiger partial charge in [-0.1, -0.05) is 30.3 Å². The number of aromatic nitrogens is 2. The molecule has 0 aliphatic carbocycles. The van der Waals surface area contributed by atoms with E-state index in [1.807, 2.05) is 36.4 Å². The first-order valence-electron chi connectivity index (χ1n) is 6.06. The number of benzene rings is 1. The van der Waals surface area contributed by atoms with Crippen LogP contribution in [0, 0.1) is 3.83 Å². The largest absolute Gasteiger partial charge is 0.370 e. The molecule has 0 radical (unpaired) electrons. The first kappa shape index (κ1) is 13.9. The molecule has 5 heteroatoms. The zero-order valence-electron chi connectivity index (χ0n) is 10.3. The Hall–Kier alpha value is -1.50. The van der Waals surface area contributed by atoms with Crippen LogP contribution >= 0.6 is 22.6 Å². The summed E-state index contributed by atoms with van der Waals surface area (Å²) in [6.07, 6.45) is 3.04. The number of ketones is 1. The summed E-state index contributed by atoms with van der Waals surface area (Å²) in [5.41, 5.74) is 0.777. The predicted molar refractivity (Wildman–Crippen MR) is 83.2 cm³/mol. The van der Waals surface area contributed by atoms with Crippen LogP contribution < -0.4 is 5.32 Å². The van der Waals surface area contributed by atoms with Crippen LogP contribution in [0.2, 0.25) is 0 Å². The molecule has 0 fully saturated rings. The van der Waals surface area contributed by atoms with Crippen molar-refractivity contribution in [3.05, 3.63) is 52.0 Å². The van der Waals surface area contributed by atoms with Crippen molar-refractivity contribution in [2.24, 2.45) is 0 Å². The quantitative estimate of drug-likeness (QED) is 0.369. The van der Waals surface area contributed by atoms with Crippen molar-refractivity contribution in [3.8, 4) is 0 Å². The number of carbonyl (C=O) groups is 1. The van der Waals surface area contributed by atoms with Gasteiger partial charge < -0.3 is 5.32 Å². The summed E-state index contributed by atoms with van der Waals surface area (Å²) in [6.45, 7) is 0.728. The third kappa shape index (κ3) is 4.59. The van der Waals surface area contributed by atoms with Crippen LogP contribution in [0.5, 0.6) is 0 Å². The fraction of sp³-hybridized carbons (Fsp3) is 0.214. The van der Waals surface area contributed by atoms with Gasteiger partial charge in [0.1, 0.15) is 5.82 Å². The molecular weight excluding hydrogens is 353 g/mol. The average Bonchev–Trinajstić information content (AvgIpc) is 2.44. The molecule has 2 rings (SSSR count). The average molecular weight is 367 g/mol. The fourth-order valence-corrected chi connectivity index (χ4v) is 2.09. The summed E-state index contributed by atoms with van der Waals surface area (Å²) >= 11 is 2.07. The molecule has 0 unspecified atom stereocenters. The standard InChI is InChI=1S/C14H14IN3O/c15-14-17-10-8-13(18-14)16-9-4-7-12(19)11-5-2-1-3-6-11/h1-3,5-6,8,10H,4,7,9H2,(H,16,17,18). The van der Waals surface area contributed by atoms with Gasteiger partial charge in [0.05, 0.1) is 0 Å². The predicted octanol–water partition coefficient (Wildman–Crippen LogP) is 3.16. The van der Waals surface area contributed by atoms with Crippen molar-refractivity contribution >= 4 is 34.2 Å². The summed E-state index contributed by atoms with van der Waals surface area (Å²) < 4.78 is 0.711.